The number of nitrogens with zero attached hydrogens (tertiary/aromatic N) is 1. The van der Waals surface area contributed by atoms with Crippen molar-refractivity contribution in [2.75, 3.05) is 6.61 Å². The van der Waals surface area contributed by atoms with Crippen molar-refractivity contribution in [1.29, 1.82) is 0 Å². The smallest absolute Gasteiger partial charge is 0.417 e. The normalized spacial score (nSPS) is 16.0. The molecule has 3 nitrogen and oxygen atoms in total. The molecule has 0 fully saturated rings. The topological polar surface area (TPSA) is 31.2 Å². The minimum absolute atomic E-state index is 0.0189. The van der Waals surface area contributed by atoms with Crippen molar-refractivity contribution in [3.05, 3.63) is 27.5 Å². The van der Waals surface area contributed by atoms with Crippen LogP contribution in [0.3, 0.4) is 0 Å². The first-order chi connectivity index (χ1) is 7.91. The lowest BCUT2D eigenvalue weighted by atomic mass is 10.1. The second-order valence-corrected chi connectivity index (χ2v) is 4.03. The molecule has 0 aliphatic carbocycles. The summed E-state index contributed by atoms with van der Waals surface area (Å²) >= 11 is 0. The van der Waals surface area contributed by atoms with Crippen LogP contribution in [-0.2, 0) is 12.7 Å². The van der Waals surface area contributed by atoms with Crippen LogP contribution in [-0.4, -0.2) is 11.2 Å². The summed E-state index contributed by atoms with van der Waals surface area (Å²) in [6.07, 6.45) is -3.05. The molecule has 0 saturated carbocycles. The van der Waals surface area contributed by atoms with E-state index in [1.165, 1.54) is 11.5 Å². The van der Waals surface area contributed by atoms with E-state index < -0.39 is 17.3 Å². The van der Waals surface area contributed by atoms with E-state index in [0.717, 1.165) is 18.9 Å². The molecule has 17 heavy (non-hydrogen) atoms. The van der Waals surface area contributed by atoms with Gasteiger partial charge in [0, 0.05) is 18.2 Å². The molecule has 94 valence electrons. The Bertz CT molecular complexity index is 491. The molecule has 1 aromatic rings. The van der Waals surface area contributed by atoms with Gasteiger partial charge in [-0.15, -0.1) is 0 Å². The Morgan fingerprint density at radius 1 is 1.35 bits per heavy atom. The fourth-order valence-corrected chi connectivity index (χ4v) is 1.90. The van der Waals surface area contributed by atoms with Crippen LogP contribution >= 0.6 is 0 Å². The summed E-state index contributed by atoms with van der Waals surface area (Å²) in [6, 6.07) is 0.919. The minimum Gasteiger partial charge on any atom is -0.479 e. The molecule has 0 spiro atoms. The van der Waals surface area contributed by atoms with E-state index in [0.29, 0.717) is 13.2 Å². The second kappa shape index (κ2) is 4.09. The molecule has 1 aliphatic rings. The number of hydrogen-bond donors (Lipinski definition) is 0. The van der Waals surface area contributed by atoms with E-state index in [4.69, 9.17) is 4.74 Å². The van der Waals surface area contributed by atoms with Gasteiger partial charge in [-0.1, -0.05) is 0 Å². The van der Waals surface area contributed by atoms with Crippen molar-refractivity contribution in [1.82, 2.24) is 4.57 Å². The molecular formula is C11H12F3NO2. The molecule has 0 amide bonds. The highest BCUT2D eigenvalue weighted by atomic mass is 19.4. The van der Waals surface area contributed by atoms with Crippen LogP contribution in [0.1, 0.15) is 24.0 Å². The molecule has 1 aromatic heterocycles. The highest BCUT2D eigenvalue weighted by molar-refractivity contribution is 5.32. The number of rotatable bonds is 0. The molecule has 0 radical (unpaired) electrons. The summed E-state index contributed by atoms with van der Waals surface area (Å²) in [6.45, 7) is 1.95. The van der Waals surface area contributed by atoms with Crippen LogP contribution in [0, 0.1) is 6.92 Å². The van der Waals surface area contributed by atoms with Crippen LogP contribution in [0.2, 0.25) is 0 Å². The molecule has 1 aliphatic heterocycles. The van der Waals surface area contributed by atoms with Crippen molar-refractivity contribution >= 4 is 0 Å². The van der Waals surface area contributed by atoms with Crippen molar-refractivity contribution in [3.8, 4) is 5.88 Å². The molecule has 0 atom stereocenters. The van der Waals surface area contributed by atoms with Crippen LogP contribution in [0.15, 0.2) is 10.9 Å². The van der Waals surface area contributed by atoms with Gasteiger partial charge in [-0.2, -0.15) is 13.2 Å². The number of hydrogen-bond acceptors (Lipinski definition) is 2. The number of ether oxygens (including phenoxy) is 1. The van der Waals surface area contributed by atoms with E-state index >= 15 is 0 Å². The van der Waals surface area contributed by atoms with Crippen molar-refractivity contribution in [3.63, 3.8) is 0 Å². The Hall–Kier alpha value is -1.46. The van der Waals surface area contributed by atoms with Gasteiger partial charge in [-0.05, 0) is 19.8 Å². The maximum absolute atomic E-state index is 12.7. The predicted octanol–water partition coefficient (Wildman–Crippen LogP) is 2.35. The molecule has 0 N–H and O–H groups in total. The number of pyridine rings is 1. The van der Waals surface area contributed by atoms with E-state index in [9.17, 15) is 18.0 Å². The third kappa shape index (κ3) is 2.16. The van der Waals surface area contributed by atoms with Crippen molar-refractivity contribution < 1.29 is 17.9 Å². The fourth-order valence-electron chi connectivity index (χ4n) is 1.90. The SMILES string of the molecule is Cc1c(C(F)(F)F)cc2n(c1=O)CCCCO2. The Balaban J connectivity index is 2.64. The van der Waals surface area contributed by atoms with Gasteiger partial charge < -0.3 is 4.74 Å². The zero-order valence-corrected chi connectivity index (χ0v) is 9.30. The molecule has 0 bridgehead atoms. The standard InChI is InChI=1S/C11H12F3NO2/c1-7-8(11(12,13)14)6-9-15(10(7)16)4-2-3-5-17-9/h6H,2-5H2,1H3. The van der Waals surface area contributed by atoms with E-state index in [2.05, 4.69) is 0 Å². The molecule has 2 heterocycles. The number of halogens is 3. The predicted molar refractivity (Wildman–Crippen MR) is 55.2 cm³/mol. The molecule has 0 aromatic carbocycles. The molecule has 0 unspecified atom stereocenters. The van der Waals surface area contributed by atoms with Gasteiger partial charge in [0.2, 0.25) is 0 Å². The summed E-state index contributed by atoms with van der Waals surface area (Å²) in [5.41, 5.74) is -1.79. The van der Waals surface area contributed by atoms with Gasteiger partial charge in [-0.25, -0.2) is 0 Å². The van der Waals surface area contributed by atoms with Gasteiger partial charge in [0.15, 0.2) is 5.88 Å². The van der Waals surface area contributed by atoms with Crippen molar-refractivity contribution in [2.45, 2.75) is 32.5 Å². The minimum atomic E-state index is -4.52. The monoisotopic (exact) mass is 247 g/mol. The van der Waals surface area contributed by atoms with Crippen LogP contribution in [0.5, 0.6) is 5.88 Å². The fraction of sp³-hybridized carbons (Fsp3) is 0.545. The number of fused-ring (bicyclic) bond motifs is 1. The second-order valence-electron chi connectivity index (χ2n) is 4.03. The highest BCUT2D eigenvalue weighted by Gasteiger charge is 2.35. The maximum atomic E-state index is 12.7. The third-order valence-electron chi connectivity index (χ3n) is 2.84. The van der Waals surface area contributed by atoms with E-state index in [1.807, 2.05) is 0 Å². The van der Waals surface area contributed by atoms with Gasteiger partial charge in [0.1, 0.15) is 0 Å². The van der Waals surface area contributed by atoms with Crippen LogP contribution in [0.25, 0.3) is 0 Å². The summed E-state index contributed by atoms with van der Waals surface area (Å²) in [4.78, 5) is 11.8. The van der Waals surface area contributed by atoms with Gasteiger partial charge >= 0.3 is 6.18 Å². The Morgan fingerprint density at radius 3 is 2.71 bits per heavy atom. The Kier molecular flexibility index (Phi) is 2.89. The summed E-state index contributed by atoms with van der Waals surface area (Å²) in [7, 11) is 0. The third-order valence-corrected chi connectivity index (χ3v) is 2.84. The summed E-state index contributed by atoms with van der Waals surface area (Å²) in [5, 5.41) is 0. The van der Waals surface area contributed by atoms with E-state index in [-0.39, 0.29) is 11.4 Å². The van der Waals surface area contributed by atoms with E-state index in [1.54, 1.807) is 0 Å². The average Bonchev–Trinajstić information content (AvgIpc) is 2.46. The molecule has 2 rings (SSSR count). The summed E-state index contributed by atoms with van der Waals surface area (Å²) in [5.74, 6) is 0.0189. The summed E-state index contributed by atoms with van der Waals surface area (Å²) < 4.78 is 44.5. The largest absolute Gasteiger partial charge is 0.479 e. The Labute approximate surface area is 95.8 Å². The molecule has 6 heteroatoms. The average molecular weight is 247 g/mol. The zero-order chi connectivity index (χ0) is 12.6. The maximum Gasteiger partial charge on any atom is 0.417 e. The van der Waals surface area contributed by atoms with Crippen LogP contribution in [0.4, 0.5) is 13.2 Å². The van der Waals surface area contributed by atoms with Gasteiger partial charge in [0.05, 0.1) is 12.2 Å². The lowest BCUT2D eigenvalue weighted by Gasteiger charge is -2.15. The Morgan fingerprint density at radius 2 is 2.06 bits per heavy atom. The lowest BCUT2D eigenvalue weighted by Crippen LogP contribution is -2.26. The van der Waals surface area contributed by atoms with Crippen LogP contribution < -0.4 is 10.3 Å². The molecular weight excluding hydrogens is 235 g/mol. The first-order valence-corrected chi connectivity index (χ1v) is 5.35. The molecule has 0 saturated heterocycles. The zero-order valence-electron chi connectivity index (χ0n) is 9.30. The van der Waals surface area contributed by atoms with Gasteiger partial charge in [-0.3, -0.25) is 9.36 Å². The number of aromatic nitrogens is 1. The first-order valence-electron chi connectivity index (χ1n) is 5.35. The lowest BCUT2D eigenvalue weighted by molar-refractivity contribution is -0.138. The van der Waals surface area contributed by atoms with Gasteiger partial charge in [0.25, 0.3) is 5.56 Å². The quantitative estimate of drug-likeness (QED) is 0.704. The first kappa shape index (κ1) is 12.0. The van der Waals surface area contributed by atoms with Crippen molar-refractivity contribution in [2.24, 2.45) is 0 Å². The number of alkyl halides is 3. The highest BCUT2D eigenvalue weighted by Crippen LogP contribution is 2.33.